The molecule has 1 saturated heterocycles. The standard InChI is InChI=1S/C23H20N4O3S/c1-14-22(29)25-18-11-15(5-6-20(18)31-14)23(30)26-9-10-27(21(28)13-26)19-4-2-3-16-12-24-8-7-17(16)19/h2-8,11-12,14H,9-10,13H2,1H3,(H,25,29). The van der Waals surface area contributed by atoms with E-state index < -0.39 is 0 Å². The normalized spacial score (nSPS) is 18.7. The van der Waals surface area contributed by atoms with Crippen molar-refractivity contribution in [2.75, 3.05) is 29.9 Å². The van der Waals surface area contributed by atoms with Crippen LogP contribution in [0.5, 0.6) is 0 Å². The van der Waals surface area contributed by atoms with E-state index in [1.54, 1.807) is 34.3 Å². The molecule has 3 aromatic rings. The lowest BCUT2D eigenvalue weighted by molar-refractivity contribution is -0.120. The van der Waals surface area contributed by atoms with E-state index in [0.29, 0.717) is 24.3 Å². The average molecular weight is 433 g/mol. The topological polar surface area (TPSA) is 82.6 Å². The Bertz CT molecular complexity index is 1220. The van der Waals surface area contributed by atoms with Crippen LogP contribution in [-0.2, 0) is 9.59 Å². The van der Waals surface area contributed by atoms with Crippen molar-refractivity contribution in [1.29, 1.82) is 0 Å². The third-order valence-corrected chi connectivity index (χ3v) is 6.79. The maximum atomic E-state index is 13.1. The van der Waals surface area contributed by atoms with Gasteiger partial charge in [0.15, 0.2) is 0 Å². The zero-order valence-corrected chi connectivity index (χ0v) is 17.7. The van der Waals surface area contributed by atoms with E-state index in [1.165, 1.54) is 11.8 Å². The van der Waals surface area contributed by atoms with Gasteiger partial charge in [0.25, 0.3) is 5.91 Å². The Morgan fingerprint density at radius 3 is 2.87 bits per heavy atom. The van der Waals surface area contributed by atoms with Crippen LogP contribution in [0.2, 0.25) is 0 Å². The highest BCUT2D eigenvalue weighted by molar-refractivity contribution is 8.00. The van der Waals surface area contributed by atoms with Gasteiger partial charge in [0.05, 0.1) is 16.6 Å². The molecule has 3 heterocycles. The van der Waals surface area contributed by atoms with Crippen molar-refractivity contribution in [3.8, 4) is 0 Å². The monoisotopic (exact) mass is 432 g/mol. The number of hydrogen-bond donors (Lipinski definition) is 1. The smallest absolute Gasteiger partial charge is 0.254 e. The number of rotatable bonds is 2. The lowest BCUT2D eigenvalue weighted by atomic mass is 10.1. The summed E-state index contributed by atoms with van der Waals surface area (Å²) in [5.41, 5.74) is 1.94. The lowest BCUT2D eigenvalue weighted by Crippen LogP contribution is -2.52. The van der Waals surface area contributed by atoms with Gasteiger partial charge < -0.3 is 15.1 Å². The molecule has 31 heavy (non-hydrogen) atoms. The quantitative estimate of drug-likeness (QED) is 0.673. The van der Waals surface area contributed by atoms with Crippen LogP contribution in [0.15, 0.2) is 59.8 Å². The highest BCUT2D eigenvalue weighted by Crippen LogP contribution is 2.36. The Kier molecular flexibility index (Phi) is 4.86. The van der Waals surface area contributed by atoms with Crippen molar-refractivity contribution >= 4 is 51.6 Å². The zero-order chi connectivity index (χ0) is 21.5. The van der Waals surface area contributed by atoms with E-state index in [0.717, 1.165) is 21.4 Å². The molecule has 1 unspecified atom stereocenters. The Balaban J connectivity index is 1.35. The first-order chi connectivity index (χ1) is 15.0. The Labute approximate surface area is 183 Å². The van der Waals surface area contributed by atoms with Crippen LogP contribution in [0.3, 0.4) is 0 Å². The molecule has 2 aliphatic heterocycles. The number of thioether (sulfide) groups is 1. The molecule has 1 N–H and O–H groups in total. The zero-order valence-electron chi connectivity index (χ0n) is 16.9. The summed E-state index contributed by atoms with van der Waals surface area (Å²) in [6.45, 7) is 2.71. The van der Waals surface area contributed by atoms with Crippen molar-refractivity contribution in [2.24, 2.45) is 0 Å². The number of benzene rings is 2. The number of hydrogen-bond acceptors (Lipinski definition) is 5. The fraction of sp³-hybridized carbons (Fsp3) is 0.217. The Hall–Kier alpha value is -3.39. The first-order valence-electron chi connectivity index (χ1n) is 10.1. The third-order valence-electron chi connectivity index (χ3n) is 5.61. The number of nitrogens with zero attached hydrogens (tertiary/aromatic N) is 3. The summed E-state index contributed by atoms with van der Waals surface area (Å²) in [5, 5.41) is 4.62. The van der Waals surface area contributed by atoms with Gasteiger partial charge in [0.1, 0.15) is 6.54 Å². The number of aromatic nitrogens is 1. The van der Waals surface area contributed by atoms with E-state index in [1.807, 2.05) is 37.3 Å². The number of anilines is 2. The third kappa shape index (κ3) is 3.53. The van der Waals surface area contributed by atoms with Crippen molar-refractivity contribution in [3.05, 3.63) is 60.4 Å². The largest absolute Gasteiger partial charge is 0.328 e. The summed E-state index contributed by atoms with van der Waals surface area (Å²) in [6, 6.07) is 13.0. The Morgan fingerprint density at radius 2 is 2.03 bits per heavy atom. The molecule has 0 aliphatic carbocycles. The van der Waals surface area contributed by atoms with E-state index in [9.17, 15) is 14.4 Å². The van der Waals surface area contributed by atoms with Gasteiger partial charge in [-0.15, -0.1) is 11.8 Å². The molecule has 0 spiro atoms. The molecule has 8 heteroatoms. The number of carbonyl (C=O) groups excluding carboxylic acids is 3. The predicted octanol–water partition coefficient (Wildman–Crippen LogP) is 3.16. The Morgan fingerprint density at radius 1 is 1.16 bits per heavy atom. The highest BCUT2D eigenvalue weighted by Gasteiger charge is 2.30. The first kappa shape index (κ1) is 19.6. The van der Waals surface area contributed by atoms with E-state index in [4.69, 9.17) is 0 Å². The van der Waals surface area contributed by atoms with E-state index >= 15 is 0 Å². The van der Waals surface area contributed by atoms with Crippen LogP contribution in [0.4, 0.5) is 11.4 Å². The number of pyridine rings is 1. The van der Waals surface area contributed by atoms with Gasteiger partial charge in [0.2, 0.25) is 11.8 Å². The second-order valence-electron chi connectivity index (χ2n) is 7.61. The minimum absolute atomic E-state index is 0.00946. The summed E-state index contributed by atoms with van der Waals surface area (Å²) in [6.07, 6.45) is 3.49. The lowest BCUT2D eigenvalue weighted by Gasteiger charge is -2.35. The second kappa shape index (κ2) is 7.70. The number of carbonyl (C=O) groups is 3. The minimum atomic E-state index is -0.212. The molecule has 0 saturated carbocycles. The van der Waals surface area contributed by atoms with Crippen LogP contribution in [-0.4, -0.2) is 52.5 Å². The van der Waals surface area contributed by atoms with Crippen molar-refractivity contribution in [3.63, 3.8) is 0 Å². The number of amides is 3. The molecule has 156 valence electrons. The molecule has 0 bridgehead atoms. The number of piperazine rings is 1. The van der Waals surface area contributed by atoms with Gasteiger partial charge in [-0.3, -0.25) is 19.4 Å². The molecule has 2 aliphatic rings. The van der Waals surface area contributed by atoms with Crippen molar-refractivity contribution in [2.45, 2.75) is 17.1 Å². The molecular weight excluding hydrogens is 412 g/mol. The molecule has 7 nitrogen and oxygen atoms in total. The predicted molar refractivity (Wildman–Crippen MR) is 120 cm³/mol. The summed E-state index contributed by atoms with van der Waals surface area (Å²) in [4.78, 5) is 46.4. The van der Waals surface area contributed by atoms with Gasteiger partial charge in [-0.05, 0) is 37.3 Å². The molecule has 1 atom stereocenters. The first-order valence-corrected chi connectivity index (χ1v) is 10.9. The van der Waals surface area contributed by atoms with Crippen molar-refractivity contribution in [1.82, 2.24) is 9.88 Å². The van der Waals surface area contributed by atoms with Crippen LogP contribution in [0.1, 0.15) is 17.3 Å². The maximum Gasteiger partial charge on any atom is 0.254 e. The fourth-order valence-corrected chi connectivity index (χ4v) is 4.90. The van der Waals surface area contributed by atoms with Gasteiger partial charge in [-0.2, -0.15) is 0 Å². The molecule has 3 amide bonds. The summed E-state index contributed by atoms with van der Waals surface area (Å²) >= 11 is 1.47. The second-order valence-corrected chi connectivity index (χ2v) is 8.99. The molecule has 1 fully saturated rings. The number of nitrogens with one attached hydrogen (secondary N) is 1. The summed E-state index contributed by atoms with van der Waals surface area (Å²) in [7, 11) is 0. The summed E-state index contributed by atoms with van der Waals surface area (Å²) in [5.74, 6) is -0.411. The molecule has 0 radical (unpaired) electrons. The van der Waals surface area contributed by atoms with Gasteiger partial charge in [-0.25, -0.2) is 0 Å². The number of fused-ring (bicyclic) bond motifs is 2. The van der Waals surface area contributed by atoms with E-state index in [2.05, 4.69) is 10.3 Å². The minimum Gasteiger partial charge on any atom is -0.328 e. The van der Waals surface area contributed by atoms with Crippen LogP contribution in [0.25, 0.3) is 10.8 Å². The van der Waals surface area contributed by atoms with Gasteiger partial charge in [0, 0.05) is 46.7 Å². The SMILES string of the molecule is CC1Sc2ccc(C(=O)N3CCN(c4cccc5cnccc45)C(=O)C3)cc2NC1=O. The molecule has 1 aromatic heterocycles. The fourth-order valence-electron chi connectivity index (χ4n) is 3.97. The van der Waals surface area contributed by atoms with Crippen molar-refractivity contribution < 1.29 is 14.4 Å². The van der Waals surface area contributed by atoms with Gasteiger partial charge >= 0.3 is 0 Å². The van der Waals surface area contributed by atoms with E-state index in [-0.39, 0.29) is 29.5 Å². The highest BCUT2D eigenvalue weighted by atomic mass is 32.2. The summed E-state index contributed by atoms with van der Waals surface area (Å²) < 4.78 is 0. The molecular formula is C23H20N4O3S. The van der Waals surface area contributed by atoms with Gasteiger partial charge in [-0.1, -0.05) is 12.1 Å². The van der Waals surface area contributed by atoms with Crippen LogP contribution < -0.4 is 10.2 Å². The maximum absolute atomic E-state index is 13.1. The molecule has 2 aromatic carbocycles. The van der Waals surface area contributed by atoms with Crippen LogP contribution >= 0.6 is 11.8 Å². The average Bonchev–Trinajstić information content (AvgIpc) is 2.79. The van der Waals surface area contributed by atoms with Crippen LogP contribution in [0, 0.1) is 0 Å². The molecule has 5 rings (SSSR count).